The minimum Gasteiger partial charge on any atom is -0.481 e. The van der Waals surface area contributed by atoms with Crippen molar-refractivity contribution in [2.45, 2.75) is 12.6 Å². The van der Waals surface area contributed by atoms with Crippen LogP contribution in [0.25, 0.3) is 10.9 Å². The van der Waals surface area contributed by atoms with Gasteiger partial charge in [-0.05, 0) is 17.2 Å². The number of benzene rings is 2. The topological polar surface area (TPSA) is 77.2 Å². The number of aromatic nitrogens is 1. The Balaban J connectivity index is 1.90. The first-order valence-corrected chi connectivity index (χ1v) is 7.69. The van der Waals surface area contributed by atoms with E-state index >= 15 is 0 Å². The first kappa shape index (κ1) is 16.0. The van der Waals surface area contributed by atoms with Crippen LogP contribution in [0.1, 0.15) is 17.2 Å². The quantitative estimate of drug-likeness (QED) is 0.731. The molecule has 0 unspecified atom stereocenters. The van der Waals surface area contributed by atoms with Crippen LogP contribution in [0.15, 0.2) is 60.7 Å². The number of carbonyl (C=O) groups is 1. The highest BCUT2D eigenvalue weighted by Crippen LogP contribution is 2.23. The molecule has 1 heterocycles. The molecule has 0 aliphatic carbocycles. The molecule has 0 bridgehead atoms. The van der Waals surface area contributed by atoms with Crippen molar-refractivity contribution < 1.29 is 9.53 Å². The number of primary amides is 1. The second kappa shape index (κ2) is 7.10. The van der Waals surface area contributed by atoms with Crippen molar-refractivity contribution in [3.63, 3.8) is 0 Å². The summed E-state index contributed by atoms with van der Waals surface area (Å²) < 4.78 is 5.27. The number of nitrogens with zero attached hydrogens (tertiary/aromatic N) is 1. The van der Waals surface area contributed by atoms with Gasteiger partial charge in [-0.3, -0.25) is 10.1 Å². The van der Waals surface area contributed by atoms with E-state index in [1.54, 1.807) is 7.11 Å². The molecule has 3 N–H and O–H groups in total. The van der Waals surface area contributed by atoms with Gasteiger partial charge in [0.25, 0.3) is 0 Å². The molecular formula is C19H19N3O2. The molecule has 0 fully saturated rings. The third kappa shape index (κ3) is 3.36. The van der Waals surface area contributed by atoms with E-state index in [0.29, 0.717) is 12.4 Å². The fourth-order valence-corrected chi connectivity index (χ4v) is 2.71. The maximum absolute atomic E-state index is 11.8. The Bertz CT molecular complexity index is 850. The second-order valence-electron chi connectivity index (χ2n) is 5.47. The van der Waals surface area contributed by atoms with Crippen LogP contribution < -0.4 is 15.8 Å². The first-order valence-electron chi connectivity index (χ1n) is 7.69. The molecule has 0 spiro atoms. The number of carbonyl (C=O) groups excluding carboxylic acids is 1. The van der Waals surface area contributed by atoms with E-state index in [-0.39, 0.29) is 0 Å². The molecule has 5 heteroatoms. The first-order chi connectivity index (χ1) is 11.7. The van der Waals surface area contributed by atoms with Crippen LogP contribution in [0.5, 0.6) is 5.88 Å². The zero-order valence-corrected chi connectivity index (χ0v) is 13.4. The van der Waals surface area contributed by atoms with Crippen molar-refractivity contribution in [1.82, 2.24) is 10.3 Å². The molecule has 5 nitrogen and oxygen atoms in total. The Hall–Kier alpha value is -2.92. The van der Waals surface area contributed by atoms with Gasteiger partial charge in [0.1, 0.15) is 6.04 Å². The van der Waals surface area contributed by atoms with E-state index in [2.05, 4.69) is 10.3 Å². The van der Waals surface area contributed by atoms with Gasteiger partial charge >= 0.3 is 0 Å². The lowest BCUT2D eigenvalue weighted by Crippen LogP contribution is -2.33. The molecule has 0 saturated heterocycles. The number of ether oxygens (including phenoxy) is 1. The predicted molar refractivity (Wildman–Crippen MR) is 93.5 cm³/mol. The van der Waals surface area contributed by atoms with E-state index in [1.165, 1.54) is 0 Å². The number of fused-ring (bicyclic) bond motifs is 1. The fraction of sp³-hybridized carbons (Fsp3) is 0.158. The van der Waals surface area contributed by atoms with E-state index in [4.69, 9.17) is 10.5 Å². The van der Waals surface area contributed by atoms with Gasteiger partial charge in [0.05, 0.1) is 12.6 Å². The highest BCUT2D eigenvalue weighted by Gasteiger charge is 2.17. The average molecular weight is 321 g/mol. The molecule has 0 aliphatic rings. The van der Waals surface area contributed by atoms with Crippen molar-refractivity contribution in [3.8, 4) is 5.88 Å². The highest BCUT2D eigenvalue weighted by molar-refractivity contribution is 5.83. The van der Waals surface area contributed by atoms with E-state index in [9.17, 15) is 4.79 Å². The Morgan fingerprint density at radius 3 is 2.58 bits per heavy atom. The van der Waals surface area contributed by atoms with Crippen LogP contribution >= 0.6 is 0 Å². The van der Waals surface area contributed by atoms with E-state index in [1.807, 2.05) is 60.7 Å². The van der Waals surface area contributed by atoms with Crippen molar-refractivity contribution in [1.29, 1.82) is 0 Å². The smallest absolute Gasteiger partial charge is 0.239 e. The number of nitrogens with one attached hydrogen (secondary N) is 1. The van der Waals surface area contributed by atoms with Crippen LogP contribution in [0.2, 0.25) is 0 Å². The zero-order valence-electron chi connectivity index (χ0n) is 13.4. The number of pyridine rings is 1. The third-order valence-electron chi connectivity index (χ3n) is 3.90. The molecule has 1 atom stereocenters. The largest absolute Gasteiger partial charge is 0.481 e. The number of nitrogens with two attached hydrogens (primary N) is 1. The van der Waals surface area contributed by atoms with Gasteiger partial charge in [0.15, 0.2) is 0 Å². The van der Waals surface area contributed by atoms with Crippen LogP contribution in [0.4, 0.5) is 0 Å². The predicted octanol–water partition coefficient (Wildman–Crippen LogP) is 2.56. The fourth-order valence-electron chi connectivity index (χ4n) is 2.71. The number of rotatable bonds is 6. The summed E-state index contributed by atoms with van der Waals surface area (Å²) in [7, 11) is 1.59. The monoisotopic (exact) mass is 321 g/mol. The molecule has 0 saturated carbocycles. The van der Waals surface area contributed by atoms with E-state index in [0.717, 1.165) is 22.0 Å². The molecule has 1 aromatic heterocycles. The minimum atomic E-state index is -0.552. The van der Waals surface area contributed by atoms with Gasteiger partial charge in [-0.2, -0.15) is 0 Å². The van der Waals surface area contributed by atoms with Crippen molar-refractivity contribution in [3.05, 3.63) is 71.8 Å². The molecule has 3 rings (SSSR count). The Kier molecular flexibility index (Phi) is 4.72. The Labute approximate surface area is 140 Å². The summed E-state index contributed by atoms with van der Waals surface area (Å²) in [6.07, 6.45) is 0. The lowest BCUT2D eigenvalue weighted by molar-refractivity contribution is -0.120. The number of hydrogen-bond donors (Lipinski definition) is 2. The van der Waals surface area contributed by atoms with Gasteiger partial charge in [-0.25, -0.2) is 4.98 Å². The van der Waals surface area contributed by atoms with Crippen molar-refractivity contribution >= 4 is 16.8 Å². The maximum Gasteiger partial charge on any atom is 0.239 e. The van der Waals surface area contributed by atoms with Crippen LogP contribution in [-0.4, -0.2) is 18.0 Å². The summed E-state index contributed by atoms with van der Waals surface area (Å²) in [6, 6.07) is 18.6. The summed E-state index contributed by atoms with van der Waals surface area (Å²) in [5.41, 5.74) is 8.26. The molecule has 2 aromatic carbocycles. The molecule has 24 heavy (non-hydrogen) atoms. The lowest BCUT2D eigenvalue weighted by Gasteiger charge is -2.17. The number of amides is 1. The third-order valence-corrected chi connectivity index (χ3v) is 3.90. The second-order valence-corrected chi connectivity index (χ2v) is 5.47. The van der Waals surface area contributed by atoms with Crippen LogP contribution in [0, 0.1) is 0 Å². The molecule has 3 aromatic rings. The Morgan fingerprint density at radius 1 is 1.17 bits per heavy atom. The molecule has 0 aliphatic heterocycles. The number of methoxy groups -OCH3 is 1. The lowest BCUT2D eigenvalue weighted by atomic mass is 10.0. The van der Waals surface area contributed by atoms with Gasteiger partial charge in [0.2, 0.25) is 11.8 Å². The summed E-state index contributed by atoms with van der Waals surface area (Å²) in [6.45, 7) is 0.474. The minimum absolute atomic E-state index is 0.411. The molecular weight excluding hydrogens is 302 g/mol. The van der Waals surface area contributed by atoms with Gasteiger partial charge < -0.3 is 10.5 Å². The number of para-hydroxylation sites is 1. The van der Waals surface area contributed by atoms with Gasteiger partial charge in [0, 0.05) is 18.0 Å². The summed E-state index contributed by atoms with van der Waals surface area (Å²) in [5, 5.41) is 4.25. The Morgan fingerprint density at radius 2 is 1.88 bits per heavy atom. The SMILES string of the molecule is COc1cc(CN[C@H](C(N)=O)c2ccccc2)c2ccccc2n1. The summed E-state index contributed by atoms with van der Waals surface area (Å²) in [4.78, 5) is 16.3. The van der Waals surface area contributed by atoms with E-state index < -0.39 is 11.9 Å². The number of hydrogen-bond acceptors (Lipinski definition) is 4. The van der Waals surface area contributed by atoms with Gasteiger partial charge in [-0.15, -0.1) is 0 Å². The van der Waals surface area contributed by atoms with Gasteiger partial charge in [-0.1, -0.05) is 48.5 Å². The molecule has 122 valence electrons. The van der Waals surface area contributed by atoms with Crippen LogP contribution in [-0.2, 0) is 11.3 Å². The average Bonchev–Trinajstić information content (AvgIpc) is 2.62. The normalized spacial score (nSPS) is 12.0. The summed E-state index contributed by atoms with van der Waals surface area (Å²) in [5.74, 6) is 0.132. The molecule has 0 radical (unpaired) electrons. The van der Waals surface area contributed by atoms with Crippen molar-refractivity contribution in [2.75, 3.05) is 7.11 Å². The highest BCUT2D eigenvalue weighted by atomic mass is 16.5. The maximum atomic E-state index is 11.8. The standard InChI is InChI=1S/C19H19N3O2/c1-24-17-11-14(15-9-5-6-10-16(15)22-17)12-21-18(19(20)23)13-7-3-2-4-8-13/h2-11,18,21H,12H2,1H3,(H2,20,23)/t18-/m0/s1. The van der Waals surface area contributed by atoms with Crippen molar-refractivity contribution in [2.24, 2.45) is 5.73 Å². The zero-order chi connectivity index (χ0) is 16.9. The molecule has 1 amide bonds. The van der Waals surface area contributed by atoms with Crippen LogP contribution in [0.3, 0.4) is 0 Å². The summed E-state index contributed by atoms with van der Waals surface area (Å²) >= 11 is 0.